The molecule has 0 bridgehead atoms. The number of benzene rings is 4. The minimum Gasteiger partial charge on any atom is -0.463 e. The second kappa shape index (κ2) is 45.4. The van der Waals surface area contributed by atoms with Crippen LogP contribution in [0.15, 0.2) is 184 Å². The number of hydrogen-bond acceptors (Lipinski definition) is 32. The number of aliphatic hydroxyl groups is 4. The summed E-state index contributed by atoms with van der Waals surface area (Å²) < 4.78 is 190. The number of ether oxygens (including phenoxy) is 4. The van der Waals surface area contributed by atoms with Crippen molar-refractivity contribution < 1.29 is 111 Å². The van der Waals surface area contributed by atoms with Gasteiger partial charge in [0.15, 0.2) is 43.4 Å². The molecular formula is C88H88Cl4F12N16O12S4. The number of carbonyl (C=O) groups excluding carboxylic acids is 4. The van der Waals surface area contributed by atoms with E-state index in [-0.39, 0.29) is 147 Å². The summed E-state index contributed by atoms with van der Waals surface area (Å²) in [5, 5.41) is 60.1. The van der Waals surface area contributed by atoms with Crippen molar-refractivity contribution in [3.05, 3.63) is 250 Å². The molecule has 1 unspecified atom stereocenters. The summed E-state index contributed by atoms with van der Waals surface area (Å²) in [7, 11) is 0. The minimum atomic E-state index is -3.29. The zero-order valence-corrected chi connectivity index (χ0v) is 78.7. The van der Waals surface area contributed by atoms with E-state index in [1.54, 1.807) is 74.0 Å². The van der Waals surface area contributed by atoms with Gasteiger partial charge in [0.1, 0.15) is 71.9 Å². The molecule has 8 aliphatic heterocycles. The van der Waals surface area contributed by atoms with Crippen LogP contribution in [0.4, 0.5) is 52.7 Å². The summed E-state index contributed by atoms with van der Waals surface area (Å²) >= 11 is 30.5. The van der Waals surface area contributed by atoms with Gasteiger partial charge < -0.3 is 60.6 Å². The van der Waals surface area contributed by atoms with Crippen LogP contribution in [0.5, 0.6) is 0 Å². The Morgan fingerprint density at radius 1 is 0.360 bits per heavy atom. The molecule has 4 saturated heterocycles. The van der Waals surface area contributed by atoms with Crippen LogP contribution in [0.25, 0.3) is 0 Å². The van der Waals surface area contributed by atoms with Gasteiger partial charge in [0.2, 0.25) is 0 Å². The van der Waals surface area contributed by atoms with E-state index >= 15 is 0 Å². The molecule has 8 N–H and O–H groups in total. The van der Waals surface area contributed by atoms with Crippen molar-refractivity contribution in [1.29, 1.82) is 0 Å². The molecule has 0 spiro atoms. The van der Waals surface area contributed by atoms with E-state index in [1.807, 2.05) is 0 Å². The van der Waals surface area contributed by atoms with E-state index < -0.39 is 146 Å². The van der Waals surface area contributed by atoms with Crippen LogP contribution in [-0.4, -0.2) is 260 Å². The van der Waals surface area contributed by atoms with Crippen molar-refractivity contribution in [2.45, 2.75) is 126 Å². The highest BCUT2D eigenvalue weighted by Crippen LogP contribution is 2.45. The first-order valence-electron chi connectivity index (χ1n) is 42.3. The van der Waals surface area contributed by atoms with Gasteiger partial charge in [-0.1, -0.05) is 70.7 Å². The predicted octanol–water partition coefficient (Wildman–Crippen LogP) is 14.2. The zero-order valence-electron chi connectivity index (χ0n) is 72.4. The molecule has 0 aliphatic carbocycles. The number of rotatable bonds is 24. The number of aliphatic hydroxyl groups excluding tert-OH is 4. The molecule has 0 amide bonds. The lowest BCUT2D eigenvalue weighted by Gasteiger charge is -2.37. The first-order chi connectivity index (χ1) is 64.8. The second-order valence-electron chi connectivity index (χ2n) is 31.6. The van der Waals surface area contributed by atoms with Crippen molar-refractivity contribution in [2.75, 3.05) is 105 Å². The maximum Gasteiger partial charge on any atom is 0.338 e. The third kappa shape index (κ3) is 25.0. The number of nitrogens with zero attached hydrogens (tertiary/aromatic N) is 12. The molecule has 48 heteroatoms. The van der Waals surface area contributed by atoms with Gasteiger partial charge in [-0.15, -0.1) is 45.3 Å². The minimum absolute atomic E-state index is 0.0583. The van der Waals surface area contributed by atoms with E-state index in [0.717, 1.165) is 24.3 Å². The van der Waals surface area contributed by atoms with E-state index in [9.17, 15) is 92.3 Å². The number of hydrogen-bond donors (Lipinski definition) is 8. The molecule has 728 valence electrons. The molecule has 8 aliphatic rings. The van der Waals surface area contributed by atoms with Gasteiger partial charge in [0.25, 0.3) is 23.7 Å². The summed E-state index contributed by atoms with van der Waals surface area (Å²) in [6.45, 7) is 4.73. The zero-order chi connectivity index (χ0) is 97.8. The van der Waals surface area contributed by atoms with Gasteiger partial charge >= 0.3 is 23.9 Å². The van der Waals surface area contributed by atoms with Crippen LogP contribution in [-0.2, 0) is 38.1 Å². The van der Waals surface area contributed by atoms with Crippen molar-refractivity contribution in [2.24, 2.45) is 20.0 Å². The first kappa shape index (κ1) is 103. The lowest BCUT2D eigenvalue weighted by Crippen LogP contribution is -2.53. The third-order valence-electron chi connectivity index (χ3n) is 22.1. The number of carbonyl (C=O) groups is 4. The largest absolute Gasteiger partial charge is 0.463 e. The number of halogens is 16. The van der Waals surface area contributed by atoms with E-state index in [4.69, 9.17) is 65.4 Å². The highest BCUT2D eigenvalue weighted by molar-refractivity contribution is 7.12. The Morgan fingerprint density at radius 3 is 0.721 bits per heavy atom. The quantitative estimate of drug-likeness (QED) is 0.0158. The second-order valence-corrected chi connectivity index (χ2v) is 36.8. The highest BCUT2D eigenvalue weighted by atomic mass is 35.5. The number of alkyl halides is 8. The SMILES string of the molecule is CCOC(=O)C1=C(CN2CCC(O)C(F)(F)C2)NC(c2nccs2)=N[C@H]1c1ccc(F)cc1Cl.CCOC(=O)C1=C(CN2CC[C@@H](O)C(F)(F)C2)NC(c2nccs2)=N[C@@H]1c1ccc(F)cc1Cl.CCOC(=O)C1=C(CN2CC[C@@H](O)C(F)(F)C2)NC(c2nccs2)=N[C@H]1c1ccc(F)cc1Cl.CCOC(=O)C1=C(CN2CC[C@H](O)C(F)(F)C2)NC(c2nccs2)=N[C@H]1c1ccc(F)cc1Cl. The Kier molecular flexibility index (Phi) is 34.5. The number of esters is 4. The lowest BCUT2D eigenvalue weighted by molar-refractivity contribution is -0.148. The van der Waals surface area contributed by atoms with Gasteiger partial charge in [0.05, 0.1) is 74.9 Å². The average Bonchev–Trinajstić information content (AvgIpc) is 1.60. The number of aromatic nitrogens is 4. The first-order valence-corrected chi connectivity index (χ1v) is 47.3. The smallest absolute Gasteiger partial charge is 0.338 e. The summed E-state index contributed by atoms with van der Waals surface area (Å²) in [6, 6.07) is 11.1. The number of likely N-dealkylation sites (tertiary alicyclic amines) is 4. The molecule has 28 nitrogen and oxygen atoms in total. The fraction of sp³-hybridized carbons (Fsp3) is 0.409. The third-order valence-corrected chi connectivity index (χ3v) is 26.6. The molecule has 8 atom stereocenters. The fourth-order valence-corrected chi connectivity index (χ4v) is 19.1. The Labute approximate surface area is 806 Å². The average molecular weight is 2060 g/mol. The monoisotopic (exact) mass is 2060 g/mol. The summed E-state index contributed by atoms with van der Waals surface area (Å²) in [4.78, 5) is 93.6. The van der Waals surface area contributed by atoms with Gasteiger partial charge in [-0.05, 0) is 102 Å². The Morgan fingerprint density at radius 2 is 0.559 bits per heavy atom. The Balaban J connectivity index is 0.000000153. The van der Waals surface area contributed by atoms with E-state index in [2.05, 4.69) is 61.2 Å². The van der Waals surface area contributed by atoms with Crippen LogP contribution in [0.1, 0.15) is 120 Å². The topological polar surface area (TPSA) is 348 Å². The van der Waals surface area contributed by atoms with Crippen molar-refractivity contribution in [3.8, 4) is 0 Å². The molecule has 8 aromatic rings. The maximum absolute atomic E-state index is 14.2. The maximum atomic E-state index is 14.2. The fourth-order valence-electron chi connectivity index (χ4n) is 15.7. The molecule has 0 saturated carbocycles. The number of thiazole rings is 4. The van der Waals surface area contributed by atoms with Crippen molar-refractivity contribution in [1.82, 2.24) is 60.8 Å². The van der Waals surface area contributed by atoms with Crippen LogP contribution in [0.3, 0.4) is 0 Å². The summed E-state index contributed by atoms with van der Waals surface area (Å²) in [5.74, 6) is -16.8. The van der Waals surface area contributed by atoms with Crippen LogP contribution >= 0.6 is 91.8 Å². The number of aliphatic imine (C=N–C) groups is 4. The molecule has 136 heavy (non-hydrogen) atoms. The lowest BCUT2D eigenvalue weighted by atomic mass is 9.94. The van der Waals surface area contributed by atoms with Crippen molar-refractivity contribution >= 4 is 139 Å². The molecule has 16 rings (SSSR count). The summed E-state index contributed by atoms with van der Waals surface area (Å²) in [5.41, 5.74) is 3.00. The molecule has 4 aromatic heterocycles. The molecule has 0 radical (unpaired) electrons. The molecule has 12 heterocycles. The van der Waals surface area contributed by atoms with Crippen molar-refractivity contribution in [3.63, 3.8) is 0 Å². The standard InChI is InChI=1S/4C22H22ClF3N4O3S/c4*1-2-33-21(32)17-15(10-30-7-5-16(31)22(25,26)11-30)28-19(20-27-6-8-34-20)29-18(17)13-4-3-12(24)9-14(13)23/h4*3-4,6,8-9,16,18,31H,2,5,7,10-11H2,1H3,(H,28,29)/t16?,18-;16-,18+;2*16-,18-/m0110/s1. The number of amidine groups is 4. The molecular weight excluding hydrogens is 1970 g/mol. The van der Waals surface area contributed by atoms with Gasteiger partial charge in [-0.3, -0.25) is 39.6 Å². The van der Waals surface area contributed by atoms with Gasteiger partial charge in [-0.2, -0.15) is 0 Å². The summed E-state index contributed by atoms with van der Waals surface area (Å²) in [6.07, 6.45) is -1.01. The Bertz CT molecular complexity index is 5210. The number of piperidine rings is 4. The van der Waals surface area contributed by atoms with Crippen LogP contribution in [0.2, 0.25) is 20.1 Å². The number of nitrogens with one attached hydrogen (secondary N) is 4. The van der Waals surface area contributed by atoms with E-state index in [1.165, 1.54) is 113 Å². The Hall–Kier alpha value is -9.88. The van der Waals surface area contributed by atoms with Gasteiger partial charge in [-0.25, -0.2) is 91.8 Å². The van der Waals surface area contributed by atoms with Gasteiger partial charge in [0, 0.05) is 164 Å². The predicted molar refractivity (Wildman–Crippen MR) is 486 cm³/mol. The molecule has 4 fully saturated rings. The highest BCUT2D eigenvalue weighted by Gasteiger charge is 2.50. The molecule has 4 aromatic carbocycles. The normalized spacial score (nSPS) is 22.8. The van der Waals surface area contributed by atoms with Crippen LogP contribution in [0, 0.1) is 23.3 Å². The van der Waals surface area contributed by atoms with E-state index in [0.29, 0.717) is 88.4 Å². The van der Waals surface area contributed by atoms with Crippen LogP contribution < -0.4 is 21.3 Å².